The van der Waals surface area contributed by atoms with Crippen molar-refractivity contribution in [3.8, 4) is 11.4 Å². The molecule has 2 heterocycles. The summed E-state index contributed by atoms with van der Waals surface area (Å²) < 4.78 is 14.5. The van der Waals surface area contributed by atoms with Crippen LogP contribution < -0.4 is 0 Å². The van der Waals surface area contributed by atoms with Gasteiger partial charge in [-0.1, -0.05) is 0 Å². The Bertz CT molecular complexity index is 743. The monoisotopic (exact) mass is 264 g/mol. The van der Waals surface area contributed by atoms with Crippen molar-refractivity contribution in [2.24, 2.45) is 0 Å². The lowest BCUT2D eigenvalue weighted by molar-refractivity contribution is 0.432. The van der Waals surface area contributed by atoms with Crippen LogP contribution in [-0.2, 0) is 0 Å². The van der Waals surface area contributed by atoms with Gasteiger partial charge < -0.3 is 5.11 Å². The number of aromatic nitrogens is 4. The Kier molecular flexibility index (Phi) is 2.38. The van der Waals surface area contributed by atoms with E-state index in [2.05, 4.69) is 15.1 Å². The first kappa shape index (κ1) is 10.9. The molecule has 0 saturated carbocycles. The molecule has 0 saturated heterocycles. The Balaban J connectivity index is 2.22. The van der Waals surface area contributed by atoms with Gasteiger partial charge in [0.25, 0.3) is 0 Å². The van der Waals surface area contributed by atoms with Crippen molar-refractivity contribution in [3.05, 3.63) is 41.7 Å². The molecule has 1 N–H and O–H groups in total. The molecule has 0 aliphatic heterocycles. The van der Waals surface area contributed by atoms with E-state index in [0.717, 1.165) is 6.07 Å². The molecule has 1 aromatic carbocycles. The van der Waals surface area contributed by atoms with E-state index in [-0.39, 0.29) is 5.28 Å². The standard InChI is InChI=1S/C11H6ClFN4O/c12-11-14-5-9-8(16-11)4-15-17(9)6-1-2-7(13)10(18)3-6/h1-5,18H. The maximum absolute atomic E-state index is 13.0. The normalized spacial score (nSPS) is 11.0. The Labute approximate surface area is 105 Å². The SMILES string of the molecule is Oc1cc(-n2ncc3nc(Cl)ncc32)ccc1F. The first-order chi connectivity index (χ1) is 8.65. The fourth-order valence-corrected chi connectivity index (χ4v) is 1.78. The van der Waals surface area contributed by atoms with Crippen LogP contribution in [0.2, 0.25) is 5.28 Å². The maximum atomic E-state index is 13.0. The van der Waals surface area contributed by atoms with Crippen molar-refractivity contribution in [1.29, 1.82) is 0 Å². The van der Waals surface area contributed by atoms with Gasteiger partial charge in [-0.15, -0.1) is 0 Å². The highest BCUT2D eigenvalue weighted by molar-refractivity contribution is 6.28. The largest absolute Gasteiger partial charge is 0.505 e. The lowest BCUT2D eigenvalue weighted by Crippen LogP contribution is -1.97. The topological polar surface area (TPSA) is 63.8 Å². The number of benzene rings is 1. The average Bonchev–Trinajstić information content (AvgIpc) is 2.75. The summed E-state index contributed by atoms with van der Waals surface area (Å²) in [5.74, 6) is -1.12. The van der Waals surface area contributed by atoms with E-state index in [9.17, 15) is 9.50 Å². The van der Waals surface area contributed by atoms with Crippen LogP contribution in [0.5, 0.6) is 5.75 Å². The smallest absolute Gasteiger partial charge is 0.223 e. The molecule has 0 aliphatic rings. The van der Waals surface area contributed by atoms with E-state index in [1.54, 1.807) is 0 Å². The third-order valence-electron chi connectivity index (χ3n) is 2.47. The van der Waals surface area contributed by atoms with Crippen LogP contribution in [0.1, 0.15) is 0 Å². The lowest BCUT2D eigenvalue weighted by atomic mass is 10.3. The van der Waals surface area contributed by atoms with Crippen molar-refractivity contribution in [2.75, 3.05) is 0 Å². The predicted molar refractivity (Wildman–Crippen MR) is 63.3 cm³/mol. The van der Waals surface area contributed by atoms with E-state index in [1.165, 1.54) is 29.2 Å². The zero-order chi connectivity index (χ0) is 12.7. The summed E-state index contributed by atoms with van der Waals surface area (Å²) in [6.07, 6.45) is 3.03. The molecular weight excluding hydrogens is 259 g/mol. The van der Waals surface area contributed by atoms with Gasteiger partial charge in [0, 0.05) is 6.07 Å². The molecule has 0 radical (unpaired) electrons. The zero-order valence-corrected chi connectivity index (χ0v) is 9.63. The van der Waals surface area contributed by atoms with Crippen molar-refractivity contribution < 1.29 is 9.50 Å². The van der Waals surface area contributed by atoms with E-state index in [4.69, 9.17) is 11.6 Å². The Morgan fingerprint density at radius 2 is 2.11 bits per heavy atom. The summed E-state index contributed by atoms with van der Waals surface area (Å²) in [5, 5.41) is 13.6. The second kappa shape index (κ2) is 3.92. The van der Waals surface area contributed by atoms with Crippen LogP contribution in [-0.4, -0.2) is 24.9 Å². The number of hydrogen-bond acceptors (Lipinski definition) is 4. The van der Waals surface area contributed by atoms with Crippen LogP contribution in [0.15, 0.2) is 30.6 Å². The molecule has 3 rings (SSSR count). The highest BCUT2D eigenvalue weighted by Gasteiger charge is 2.09. The number of rotatable bonds is 1. The first-order valence-corrected chi connectivity index (χ1v) is 5.38. The molecular formula is C11H6ClFN4O. The van der Waals surface area contributed by atoms with Crippen LogP contribution in [0.4, 0.5) is 4.39 Å². The van der Waals surface area contributed by atoms with Crippen LogP contribution >= 0.6 is 11.6 Å². The first-order valence-electron chi connectivity index (χ1n) is 5.00. The quantitative estimate of drug-likeness (QED) is 0.685. The minimum absolute atomic E-state index is 0.129. The number of nitrogens with zero attached hydrogens (tertiary/aromatic N) is 4. The van der Waals surface area contributed by atoms with Gasteiger partial charge >= 0.3 is 0 Å². The Morgan fingerprint density at radius 3 is 2.89 bits per heavy atom. The number of phenols is 1. The molecule has 5 nitrogen and oxygen atoms in total. The maximum Gasteiger partial charge on any atom is 0.223 e. The van der Waals surface area contributed by atoms with Gasteiger partial charge in [0.15, 0.2) is 11.6 Å². The fraction of sp³-hybridized carbons (Fsp3) is 0. The van der Waals surface area contributed by atoms with E-state index >= 15 is 0 Å². The van der Waals surface area contributed by atoms with Crippen LogP contribution in [0, 0.1) is 5.82 Å². The van der Waals surface area contributed by atoms with Crippen LogP contribution in [0.3, 0.4) is 0 Å². The highest BCUT2D eigenvalue weighted by Crippen LogP contribution is 2.22. The molecule has 0 unspecified atom stereocenters. The second-order valence-corrected chi connectivity index (χ2v) is 3.94. The molecule has 7 heteroatoms. The minimum Gasteiger partial charge on any atom is -0.505 e. The predicted octanol–water partition coefficient (Wildman–Crippen LogP) is 2.31. The van der Waals surface area contributed by atoms with Gasteiger partial charge in [-0.05, 0) is 23.7 Å². The van der Waals surface area contributed by atoms with Crippen molar-refractivity contribution in [2.45, 2.75) is 0 Å². The molecule has 2 aromatic heterocycles. The number of phenolic OH excluding ortho intramolecular Hbond substituents is 1. The van der Waals surface area contributed by atoms with Crippen LogP contribution in [0.25, 0.3) is 16.7 Å². The molecule has 90 valence electrons. The van der Waals surface area contributed by atoms with Crippen molar-refractivity contribution in [1.82, 2.24) is 19.7 Å². The van der Waals surface area contributed by atoms with E-state index in [1.807, 2.05) is 0 Å². The third kappa shape index (κ3) is 1.67. The molecule has 0 bridgehead atoms. The van der Waals surface area contributed by atoms with E-state index in [0.29, 0.717) is 16.7 Å². The number of hydrogen-bond donors (Lipinski definition) is 1. The third-order valence-corrected chi connectivity index (χ3v) is 2.65. The van der Waals surface area contributed by atoms with Gasteiger partial charge in [0.1, 0.15) is 11.0 Å². The van der Waals surface area contributed by atoms with Gasteiger partial charge in [-0.2, -0.15) is 5.10 Å². The minimum atomic E-state index is -0.686. The molecule has 18 heavy (non-hydrogen) atoms. The molecule has 0 amide bonds. The summed E-state index contributed by atoms with van der Waals surface area (Å²) in [7, 11) is 0. The molecule has 0 aliphatic carbocycles. The summed E-state index contributed by atoms with van der Waals surface area (Å²) in [6.45, 7) is 0. The van der Waals surface area contributed by atoms with Gasteiger partial charge in [-0.25, -0.2) is 19.0 Å². The molecule has 0 spiro atoms. The summed E-state index contributed by atoms with van der Waals surface area (Å²) in [4.78, 5) is 7.86. The fourth-order valence-electron chi connectivity index (χ4n) is 1.64. The van der Waals surface area contributed by atoms with Gasteiger partial charge in [0.05, 0.1) is 18.1 Å². The summed E-state index contributed by atoms with van der Waals surface area (Å²) in [6, 6.07) is 3.93. The molecule has 0 fully saturated rings. The second-order valence-electron chi connectivity index (χ2n) is 3.60. The number of aromatic hydroxyl groups is 1. The van der Waals surface area contributed by atoms with Gasteiger partial charge in [-0.3, -0.25) is 0 Å². The number of fused-ring (bicyclic) bond motifs is 1. The Hall–Kier alpha value is -2.21. The average molecular weight is 265 g/mol. The summed E-state index contributed by atoms with van der Waals surface area (Å²) in [5.41, 5.74) is 1.69. The lowest BCUT2D eigenvalue weighted by Gasteiger charge is -2.04. The molecule has 3 aromatic rings. The summed E-state index contributed by atoms with van der Waals surface area (Å²) >= 11 is 5.67. The number of halogens is 2. The molecule has 0 atom stereocenters. The zero-order valence-electron chi connectivity index (χ0n) is 8.88. The highest BCUT2D eigenvalue weighted by atomic mass is 35.5. The van der Waals surface area contributed by atoms with Crippen molar-refractivity contribution >= 4 is 22.6 Å². The van der Waals surface area contributed by atoms with Gasteiger partial charge in [0.2, 0.25) is 5.28 Å². The Morgan fingerprint density at radius 1 is 1.28 bits per heavy atom. The van der Waals surface area contributed by atoms with Crippen molar-refractivity contribution in [3.63, 3.8) is 0 Å². The van der Waals surface area contributed by atoms with E-state index < -0.39 is 11.6 Å².